The molecule has 1 aliphatic rings. The fourth-order valence-corrected chi connectivity index (χ4v) is 2.86. The smallest absolute Gasteiger partial charge is 0.308 e. The monoisotopic (exact) mass is 315 g/mol. The van der Waals surface area contributed by atoms with Crippen LogP contribution in [0.3, 0.4) is 0 Å². The Hall–Kier alpha value is -2.70. The van der Waals surface area contributed by atoms with Gasteiger partial charge in [0.15, 0.2) is 0 Å². The summed E-state index contributed by atoms with van der Waals surface area (Å²) in [7, 11) is 0. The van der Waals surface area contributed by atoms with Gasteiger partial charge >= 0.3 is 5.97 Å². The van der Waals surface area contributed by atoms with E-state index in [1.807, 2.05) is 13.0 Å². The lowest BCUT2D eigenvalue weighted by Crippen LogP contribution is -2.45. The van der Waals surface area contributed by atoms with E-state index in [9.17, 15) is 14.7 Å². The number of rotatable bonds is 3. The van der Waals surface area contributed by atoms with Gasteiger partial charge in [0.05, 0.1) is 11.6 Å². The number of carboxylic acids is 1. The Bertz CT molecular complexity index is 713. The summed E-state index contributed by atoms with van der Waals surface area (Å²) >= 11 is 0. The quantitative estimate of drug-likeness (QED) is 0.929. The van der Waals surface area contributed by atoms with Crippen LogP contribution in [0.25, 0.3) is 11.4 Å². The third-order valence-corrected chi connectivity index (χ3v) is 3.94. The second-order valence-corrected chi connectivity index (χ2v) is 5.88. The van der Waals surface area contributed by atoms with Gasteiger partial charge in [0.2, 0.25) is 5.76 Å². The van der Waals surface area contributed by atoms with E-state index in [1.54, 1.807) is 24.4 Å². The molecule has 0 radical (unpaired) electrons. The Morgan fingerprint density at radius 3 is 2.83 bits per heavy atom. The molecule has 1 N–H and O–H groups in total. The molecule has 3 heterocycles. The summed E-state index contributed by atoms with van der Waals surface area (Å²) in [5.41, 5.74) is 1.10. The van der Waals surface area contributed by atoms with Crippen LogP contribution in [0.2, 0.25) is 0 Å². The molecule has 0 aliphatic carbocycles. The maximum Gasteiger partial charge on any atom is 0.308 e. The summed E-state index contributed by atoms with van der Waals surface area (Å²) < 4.78 is 5.14. The fourth-order valence-electron chi connectivity index (χ4n) is 2.86. The third-order valence-electron chi connectivity index (χ3n) is 3.94. The zero-order chi connectivity index (χ0) is 16.4. The maximum atomic E-state index is 12.5. The average Bonchev–Trinajstić information content (AvgIpc) is 3.04. The first-order chi connectivity index (χ1) is 11.0. The molecule has 1 aliphatic heterocycles. The first-order valence-corrected chi connectivity index (χ1v) is 7.45. The highest BCUT2D eigenvalue weighted by atomic mass is 16.5. The molecule has 1 amide bonds. The molecule has 0 saturated carbocycles. The molecule has 2 aromatic heterocycles. The van der Waals surface area contributed by atoms with Gasteiger partial charge in [0, 0.05) is 25.4 Å². The minimum atomic E-state index is -0.874. The highest BCUT2D eigenvalue weighted by Gasteiger charge is 2.33. The molecule has 2 unspecified atom stereocenters. The van der Waals surface area contributed by atoms with Crippen molar-refractivity contribution in [2.75, 3.05) is 13.1 Å². The number of nitrogens with zero attached hydrogens (tertiary/aromatic N) is 3. The van der Waals surface area contributed by atoms with Gasteiger partial charge in [-0.2, -0.15) is 0 Å². The van der Waals surface area contributed by atoms with Crippen LogP contribution in [0, 0.1) is 11.8 Å². The minimum absolute atomic E-state index is 0.101. The number of amides is 1. The molecule has 120 valence electrons. The lowest BCUT2D eigenvalue weighted by molar-refractivity contribution is -0.143. The van der Waals surface area contributed by atoms with E-state index < -0.39 is 11.9 Å². The molecule has 7 nitrogen and oxygen atoms in total. The van der Waals surface area contributed by atoms with Crippen LogP contribution in [-0.4, -0.2) is 45.1 Å². The standard InChI is InChI=1S/C16H17N3O4/c1-10-6-11(16(21)22)9-19(8-10)15(20)14-7-13(18-23-14)12-4-2-3-5-17-12/h2-5,7,10-11H,6,8-9H2,1H3,(H,21,22). The molecule has 7 heteroatoms. The average molecular weight is 315 g/mol. The Labute approximate surface area is 132 Å². The zero-order valence-electron chi connectivity index (χ0n) is 12.7. The number of carboxylic acid groups (broad SMARTS) is 1. The van der Waals surface area contributed by atoms with Gasteiger partial charge in [0.25, 0.3) is 5.91 Å². The van der Waals surface area contributed by atoms with Crippen molar-refractivity contribution in [3.8, 4) is 11.4 Å². The maximum absolute atomic E-state index is 12.5. The van der Waals surface area contributed by atoms with Gasteiger partial charge in [0.1, 0.15) is 5.69 Å². The normalized spacial score (nSPS) is 21.2. The van der Waals surface area contributed by atoms with Gasteiger partial charge in [-0.3, -0.25) is 14.6 Å². The molecule has 3 rings (SSSR count). The summed E-state index contributed by atoms with van der Waals surface area (Å²) in [6.45, 7) is 2.65. The van der Waals surface area contributed by atoms with E-state index >= 15 is 0 Å². The first-order valence-electron chi connectivity index (χ1n) is 7.45. The number of carbonyl (C=O) groups is 2. The van der Waals surface area contributed by atoms with E-state index in [1.165, 1.54) is 4.90 Å². The summed E-state index contributed by atoms with van der Waals surface area (Å²) in [4.78, 5) is 29.4. The van der Waals surface area contributed by atoms with Crippen molar-refractivity contribution in [2.24, 2.45) is 11.8 Å². The van der Waals surface area contributed by atoms with Gasteiger partial charge < -0.3 is 14.5 Å². The van der Waals surface area contributed by atoms with E-state index in [0.717, 1.165) is 0 Å². The second-order valence-electron chi connectivity index (χ2n) is 5.88. The summed E-state index contributed by atoms with van der Waals surface area (Å²) in [6.07, 6.45) is 2.21. The second kappa shape index (κ2) is 6.20. The molecular formula is C16H17N3O4. The predicted molar refractivity (Wildman–Crippen MR) is 80.5 cm³/mol. The third kappa shape index (κ3) is 3.23. The Balaban J connectivity index is 1.78. The van der Waals surface area contributed by atoms with Crippen LogP contribution in [0.5, 0.6) is 0 Å². The molecular weight excluding hydrogens is 298 g/mol. The lowest BCUT2D eigenvalue weighted by Gasteiger charge is -2.33. The van der Waals surface area contributed by atoms with Crippen LogP contribution in [0.1, 0.15) is 23.9 Å². The van der Waals surface area contributed by atoms with Crippen molar-refractivity contribution >= 4 is 11.9 Å². The van der Waals surface area contributed by atoms with Crippen LogP contribution in [0.4, 0.5) is 0 Å². The number of hydrogen-bond donors (Lipinski definition) is 1. The molecule has 23 heavy (non-hydrogen) atoms. The SMILES string of the molecule is CC1CC(C(=O)O)CN(C(=O)c2cc(-c3ccccn3)no2)C1. The number of piperidine rings is 1. The Morgan fingerprint density at radius 1 is 1.30 bits per heavy atom. The van der Waals surface area contributed by atoms with Crippen molar-refractivity contribution in [3.05, 3.63) is 36.2 Å². The Kier molecular flexibility index (Phi) is 4.10. The topological polar surface area (TPSA) is 96.5 Å². The highest BCUT2D eigenvalue weighted by Crippen LogP contribution is 2.24. The number of hydrogen-bond acceptors (Lipinski definition) is 5. The molecule has 1 saturated heterocycles. The zero-order valence-corrected chi connectivity index (χ0v) is 12.7. The molecule has 2 atom stereocenters. The van der Waals surface area contributed by atoms with Crippen LogP contribution < -0.4 is 0 Å². The van der Waals surface area contributed by atoms with Crippen molar-refractivity contribution in [2.45, 2.75) is 13.3 Å². The predicted octanol–water partition coefficient (Wildman–Crippen LogP) is 1.92. The van der Waals surface area contributed by atoms with Crippen molar-refractivity contribution in [1.29, 1.82) is 0 Å². The van der Waals surface area contributed by atoms with E-state index in [4.69, 9.17) is 4.52 Å². The van der Waals surface area contributed by atoms with Gasteiger partial charge in [-0.05, 0) is 24.5 Å². The Morgan fingerprint density at radius 2 is 2.13 bits per heavy atom. The van der Waals surface area contributed by atoms with Crippen molar-refractivity contribution in [1.82, 2.24) is 15.0 Å². The van der Waals surface area contributed by atoms with Crippen molar-refractivity contribution in [3.63, 3.8) is 0 Å². The summed E-state index contributed by atoms with van der Waals surface area (Å²) in [5.74, 6) is -1.52. The number of likely N-dealkylation sites (tertiary alicyclic amines) is 1. The van der Waals surface area contributed by atoms with Crippen molar-refractivity contribution < 1.29 is 19.2 Å². The van der Waals surface area contributed by atoms with Gasteiger partial charge in [-0.15, -0.1) is 0 Å². The van der Waals surface area contributed by atoms with Gasteiger partial charge in [-0.25, -0.2) is 0 Å². The van der Waals surface area contributed by atoms with Gasteiger partial charge in [-0.1, -0.05) is 18.1 Å². The number of pyridine rings is 1. The van der Waals surface area contributed by atoms with Crippen LogP contribution in [-0.2, 0) is 4.79 Å². The van der Waals surface area contributed by atoms with Crippen LogP contribution >= 0.6 is 0 Å². The number of aliphatic carboxylic acids is 1. The lowest BCUT2D eigenvalue weighted by atomic mass is 9.90. The van der Waals surface area contributed by atoms with E-state index in [2.05, 4.69) is 10.1 Å². The summed E-state index contributed by atoms with van der Waals surface area (Å²) in [5, 5.41) is 13.1. The molecule has 1 fully saturated rings. The van der Waals surface area contributed by atoms with Crippen LogP contribution in [0.15, 0.2) is 35.0 Å². The molecule has 0 bridgehead atoms. The molecule has 0 spiro atoms. The first kappa shape index (κ1) is 15.2. The summed E-state index contributed by atoms with van der Waals surface area (Å²) in [6, 6.07) is 6.92. The fraction of sp³-hybridized carbons (Fsp3) is 0.375. The largest absolute Gasteiger partial charge is 0.481 e. The highest BCUT2D eigenvalue weighted by molar-refractivity contribution is 5.92. The molecule has 0 aromatic carbocycles. The van der Waals surface area contributed by atoms with E-state index in [-0.39, 0.29) is 24.1 Å². The minimum Gasteiger partial charge on any atom is -0.481 e. The number of carbonyl (C=O) groups excluding carboxylic acids is 1. The number of aromatic nitrogens is 2. The molecule has 2 aromatic rings. The van der Waals surface area contributed by atoms with E-state index in [0.29, 0.717) is 24.4 Å².